The number of carboxylic acid groups (broad SMARTS) is 1. The second-order valence-electron chi connectivity index (χ2n) is 9.16. The van der Waals surface area contributed by atoms with E-state index in [-0.39, 0.29) is 27.0 Å². The van der Waals surface area contributed by atoms with Gasteiger partial charge in [-0.25, -0.2) is 17.5 Å². The van der Waals surface area contributed by atoms with Crippen LogP contribution in [-0.4, -0.2) is 58.9 Å². The lowest BCUT2D eigenvalue weighted by Gasteiger charge is -2.44. The summed E-state index contributed by atoms with van der Waals surface area (Å²) >= 11 is 12.3. The zero-order valence-electron chi connectivity index (χ0n) is 21.5. The fourth-order valence-electron chi connectivity index (χ4n) is 4.62. The van der Waals surface area contributed by atoms with Crippen molar-refractivity contribution in [2.45, 2.75) is 37.8 Å². The lowest BCUT2D eigenvalue weighted by molar-refractivity contribution is -0.149. The number of carboxylic acids is 1. The van der Waals surface area contributed by atoms with Gasteiger partial charge in [0.1, 0.15) is 0 Å². The topological polar surface area (TPSA) is 109 Å². The van der Waals surface area contributed by atoms with Crippen LogP contribution in [0.15, 0.2) is 59.6 Å². The minimum Gasteiger partial charge on any atom is -0.478 e. The van der Waals surface area contributed by atoms with Crippen LogP contribution in [0, 0.1) is 13.8 Å². The maximum absolute atomic E-state index is 14.2. The number of rotatable bonds is 8. The van der Waals surface area contributed by atoms with E-state index in [0.29, 0.717) is 5.82 Å². The number of hydrogen-bond acceptors (Lipinski definition) is 6. The van der Waals surface area contributed by atoms with Gasteiger partial charge in [0, 0.05) is 21.6 Å². The first-order chi connectivity index (χ1) is 17.8. The van der Waals surface area contributed by atoms with E-state index in [0.717, 1.165) is 26.5 Å². The van der Waals surface area contributed by atoms with E-state index in [1.807, 2.05) is 36.7 Å². The van der Waals surface area contributed by atoms with Crippen LogP contribution < -0.4 is 4.31 Å². The standard InChI is InChI=1S/C26H27Cl2N5O4S/c1-6-26(25(34)35,31(4)5)33(38(36,37)21-12-18(27)11-19(28)13-21)20-8-9-23-22(14-20)16(2)15-32(23)24-10-7-17(3)29-30-24/h7-15H,6H2,1-5H3,(H,34,35). The minimum atomic E-state index is -4.48. The van der Waals surface area contributed by atoms with Crippen LogP contribution in [0.4, 0.5) is 5.69 Å². The number of benzene rings is 2. The summed E-state index contributed by atoms with van der Waals surface area (Å²) in [7, 11) is -1.42. The normalized spacial score (nSPS) is 13.6. The molecule has 1 unspecified atom stereocenters. The van der Waals surface area contributed by atoms with Gasteiger partial charge >= 0.3 is 5.97 Å². The Balaban J connectivity index is 2.02. The zero-order chi connectivity index (χ0) is 28.0. The molecule has 1 atom stereocenters. The maximum Gasteiger partial charge on any atom is 0.346 e. The molecule has 2 heterocycles. The Morgan fingerprint density at radius 1 is 1.03 bits per heavy atom. The number of sulfonamides is 1. The Labute approximate surface area is 231 Å². The Bertz CT molecular complexity index is 1620. The van der Waals surface area contributed by atoms with Crippen molar-refractivity contribution >= 4 is 55.8 Å². The highest BCUT2D eigenvalue weighted by atomic mass is 35.5. The van der Waals surface area contributed by atoms with E-state index in [4.69, 9.17) is 23.2 Å². The van der Waals surface area contributed by atoms with Crippen LogP contribution in [0.5, 0.6) is 0 Å². The quantitative estimate of drug-likeness (QED) is 0.284. The molecule has 0 saturated carbocycles. The van der Waals surface area contributed by atoms with Crippen LogP contribution in [0.1, 0.15) is 24.6 Å². The molecule has 4 rings (SSSR count). The Morgan fingerprint density at radius 3 is 2.21 bits per heavy atom. The molecule has 2 aromatic heterocycles. The molecule has 12 heteroatoms. The van der Waals surface area contributed by atoms with Crippen molar-refractivity contribution in [1.82, 2.24) is 19.7 Å². The first-order valence-corrected chi connectivity index (χ1v) is 13.9. The molecule has 200 valence electrons. The van der Waals surface area contributed by atoms with Crippen LogP contribution in [0.2, 0.25) is 10.0 Å². The second kappa shape index (κ2) is 10.2. The van der Waals surface area contributed by atoms with E-state index in [1.54, 1.807) is 25.1 Å². The predicted molar refractivity (Wildman–Crippen MR) is 149 cm³/mol. The molecule has 9 nitrogen and oxygen atoms in total. The fraction of sp³-hybridized carbons (Fsp3) is 0.269. The molecule has 0 bridgehead atoms. The van der Waals surface area contributed by atoms with Crippen molar-refractivity contribution in [1.29, 1.82) is 0 Å². The summed E-state index contributed by atoms with van der Waals surface area (Å²) in [6, 6.07) is 12.6. The highest BCUT2D eigenvalue weighted by Gasteiger charge is 2.51. The number of hydrogen-bond donors (Lipinski definition) is 1. The summed E-state index contributed by atoms with van der Waals surface area (Å²) in [5, 5.41) is 19.8. The molecule has 0 saturated heterocycles. The molecule has 0 aliphatic heterocycles. The van der Waals surface area contributed by atoms with Gasteiger partial charge in [-0.3, -0.25) is 9.47 Å². The van der Waals surface area contributed by atoms with E-state index in [9.17, 15) is 18.3 Å². The van der Waals surface area contributed by atoms with Gasteiger partial charge in [0.2, 0.25) is 5.66 Å². The SMILES string of the molecule is CCC(C(=O)O)(N(C)C)N(c1ccc2c(c1)c(C)cn2-c1ccc(C)nn1)S(=O)(=O)c1cc(Cl)cc(Cl)c1. The molecule has 0 aliphatic rings. The van der Waals surface area contributed by atoms with Gasteiger partial charge in [-0.15, -0.1) is 5.10 Å². The maximum atomic E-state index is 14.2. The minimum absolute atomic E-state index is 0.0557. The van der Waals surface area contributed by atoms with Gasteiger partial charge in [-0.05, 0) is 88.5 Å². The number of aromatic nitrogens is 3. The van der Waals surface area contributed by atoms with Gasteiger partial charge in [0.25, 0.3) is 10.0 Å². The second-order valence-corrected chi connectivity index (χ2v) is 11.8. The number of aryl methyl sites for hydroxylation is 2. The molecule has 2 aromatic carbocycles. The van der Waals surface area contributed by atoms with E-state index in [2.05, 4.69) is 10.2 Å². The number of fused-ring (bicyclic) bond motifs is 1. The molecule has 38 heavy (non-hydrogen) atoms. The summed E-state index contributed by atoms with van der Waals surface area (Å²) in [4.78, 5) is 14.0. The average Bonchev–Trinajstić information content (AvgIpc) is 3.17. The molecule has 0 spiro atoms. The molecule has 0 radical (unpaired) electrons. The number of aliphatic carboxylic acids is 1. The van der Waals surface area contributed by atoms with Crippen LogP contribution in [-0.2, 0) is 14.8 Å². The molecule has 1 N–H and O–H groups in total. The van der Waals surface area contributed by atoms with Gasteiger partial charge in [0.05, 0.1) is 21.8 Å². The Hall–Kier alpha value is -3.18. The van der Waals surface area contributed by atoms with Crippen molar-refractivity contribution in [3.63, 3.8) is 0 Å². The predicted octanol–water partition coefficient (Wildman–Crippen LogP) is 5.29. The summed E-state index contributed by atoms with van der Waals surface area (Å²) < 4.78 is 31.2. The van der Waals surface area contributed by atoms with Gasteiger partial charge < -0.3 is 5.11 Å². The molecular formula is C26H27Cl2N5O4S. The van der Waals surface area contributed by atoms with E-state index < -0.39 is 21.7 Å². The number of anilines is 1. The lowest BCUT2D eigenvalue weighted by Crippen LogP contribution is -2.65. The Morgan fingerprint density at radius 2 is 1.68 bits per heavy atom. The van der Waals surface area contributed by atoms with Crippen LogP contribution in [0.25, 0.3) is 16.7 Å². The third-order valence-corrected chi connectivity index (χ3v) is 8.80. The van der Waals surface area contributed by atoms with Crippen LogP contribution >= 0.6 is 23.2 Å². The third kappa shape index (κ3) is 4.62. The highest BCUT2D eigenvalue weighted by molar-refractivity contribution is 7.93. The van der Waals surface area contributed by atoms with Gasteiger partial charge in [-0.2, -0.15) is 5.10 Å². The van der Waals surface area contributed by atoms with E-state index >= 15 is 0 Å². The van der Waals surface area contributed by atoms with Crippen LogP contribution in [0.3, 0.4) is 0 Å². The largest absolute Gasteiger partial charge is 0.478 e. The van der Waals surface area contributed by atoms with Crippen molar-refractivity contribution in [3.8, 4) is 5.82 Å². The first-order valence-electron chi connectivity index (χ1n) is 11.7. The fourth-order valence-corrected chi connectivity index (χ4v) is 7.20. The van der Waals surface area contributed by atoms with Gasteiger partial charge in [0.15, 0.2) is 5.82 Å². The zero-order valence-corrected chi connectivity index (χ0v) is 23.8. The lowest BCUT2D eigenvalue weighted by atomic mass is 10.0. The number of carbonyl (C=O) groups is 1. The third-order valence-electron chi connectivity index (χ3n) is 6.54. The average molecular weight is 577 g/mol. The summed E-state index contributed by atoms with van der Waals surface area (Å²) in [5.74, 6) is -0.729. The number of likely N-dealkylation sites (N-methyl/N-ethyl adjacent to an activating group) is 1. The van der Waals surface area contributed by atoms with Crippen molar-refractivity contribution < 1.29 is 18.3 Å². The monoisotopic (exact) mass is 575 g/mol. The molecule has 4 aromatic rings. The number of halogens is 2. The molecule has 0 fully saturated rings. The summed E-state index contributed by atoms with van der Waals surface area (Å²) in [5.41, 5.74) is 0.589. The van der Waals surface area contributed by atoms with E-state index in [1.165, 1.54) is 37.2 Å². The summed E-state index contributed by atoms with van der Waals surface area (Å²) in [6.45, 7) is 5.35. The van der Waals surface area contributed by atoms with Gasteiger partial charge in [-0.1, -0.05) is 30.1 Å². The van der Waals surface area contributed by atoms with Crippen molar-refractivity contribution in [3.05, 3.63) is 76.0 Å². The molecule has 0 aliphatic carbocycles. The van der Waals surface area contributed by atoms with Crippen molar-refractivity contribution in [2.75, 3.05) is 18.4 Å². The van der Waals surface area contributed by atoms with Crippen molar-refractivity contribution in [2.24, 2.45) is 0 Å². The first kappa shape index (κ1) is 27.8. The Kier molecular flexibility index (Phi) is 7.46. The molecule has 0 amide bonds. The number of nitrogens with zero attached hydrogens (tertiary/aromatic N) is 5. The summed E-state index contributed by atoms with van der Waals surface area (Å²) in [6.07, 6.45) is 1.82. The highest BCUT2D eigenvalue weighted by Crippen LogP contribution is 2.39. The molecular weight excluding hydrogens is 549 g/mol. The smallest absolute Gasteiger partial charge is 0.346 e.